The number of carbonyl (C=O) groups excluding carboxylic acids is 1. The van der Waals surface area contributed by atoms with Gasteiger partial charge in [0.1, 0.15) is 5.75 Å². The second-order valence-electron chi connectivity index (χ2n) is 5.68. The van der Waals surface area contributed by atoms with Crippen molar-refractivity contribution in [3.05, 3.63) is 45.9 Å². The number of benzene rings is 1. The lowest BCUT2D eigenvalue weighted by Crippen LogP contribution is -2.42. The fourth-order valence-corrected chi connectivity index (χ4v) is 3.00. The quantitative estimate of drug-likeness (QED) is 0.439. The fraction of sp³-hybridized carbons (Fsp3) is 0.389. The second kappa shape index (κ2) is 9.76. The zero-order chi connectivity index (χ0) is 18.9. The van der Waals surface area contributed by atoms with E-state index in [0.29, 0.717) is 30.9 Å². The molecule has 7 nitrogen and oxygen atoms in total. The summed E-state index contributed by atoms with van der Waals surface area (Å²) in [5, 5.41) is 9.22. The third-order valence-electron chi connectivity index (χ3n) is 3.66. The van der Waals surface area contributed by atoms with E-state index in [1.165, 1.54) is 0 Å². The number of nitrogens with zero attached hydrogens (tertiary/aromatic N) is 3. The Bertz CT molecular complexity index is 760. The molecule has 2 N–H and O–H groups in total. The summed E-state index contributed by atoms with van der Waals surface area (Å²) in [7, 11) is 5.27. The van der Waals surface area contributed by atoms with Gasteiger partial charge < -0.3 is 20.3 Å². The normalized spacial score (nSPS) is 11.2. The molecule has 2 rings (SSSR count). The van der Waals surface area contributed by atoms with Gasteiger partial charge in [-0.15, -0.1) is 11.3 Å². The molecular formula is C18H25N5O2S. The van der Waals surface area contributed by atoms with Crippen LogP contribution >= 0.6 is 11.3 Å². The molecule has 0 saturated carbocycles. The Morgan fingerprint density at radius 3 is 2.77 bits per heavy atom. The average Bonchev–Trinajstić information content (AvgIpc) is 3.06. The highest BCUT2D eigenvalue weighted by Crippen LogP contribution is 2.12. The first-order valence-corrected chi connectivity index (χ1v) is 9.16. The maximum Gasteiger partial charge on any atom is 0.251 e. The van der Waals surface area contributed by atoms with Crippen LogP contribution in [0.1, 0.15) is 21.1 Å². The van der Waals surface area contributed by atoms with E-state index in [1.807, 2.05) is 30.3 Å². The van der Waals surface area contributed by atoms with Crippen molar-refractivity contribution >= 4 is 23.2 Å². The van der Waals surface area contributed by atoms with Crippen molar-refractivity contribution in [1.82, 2.24) is 20.5 Å². The molecule has 26 heavy (non-hydrogen) atoms. The van der Waals surface area contributed by atoms with Crippen molar-refractivity contribution in [2.75, 3.05) is 34.3 Å². The molecule has 1 aromatic carbocycles. The van der Waals surface area contributed by atoms with Gasteiger partial charge >= 0.3 is 0 Å². The van der Waals surface area contributed by atoms with Crippen molar-refractivity contribution in [2.24, 2.45) is 4.99 Å². The molecule has 2 aromatic rings. The molecule has 0 unspecified atom stereocenters. The van der Waals surface area contributed by atoms with E-state index >= 15 is 0 Å². The number of hydrogen-bond acceptors (Lipinski definition) is 5. The lowest BCUT2D eigenvalue weighted by Gasteiger charge is -2.21. The Kier molecular flexibility index (Phi) is 7.40. The molecule has 0 spiro atoms. The lowest BCUT2D eigenvalue weighted by molar-refractivity contribution is 0.0954. The molecular weight excluding hydrogens is 350 g/mol. The van der Waals surface area contributed by atoms with Crippen molar-refractivity contribution in [3.8, 4) is 5.75 Å². The van der Waals surface area contributed by atoms with Crippen LogP contribution in [0.25, 0.3) is 0 Å². The largest absolute Gasteiger partial charge is 0.497 e. The Labute approximate surface area is 158 Å². The predicted octanol–water partition coefficient (Wildman–Crippen LogP) is 1.90. The summed E-state index contributed by atoms with van der Waals surface area (Å²) < 4.78 is 5.14. The number of aliphatic imine (C=N–C) groups is 1. The molecule has 0 aliphatic carbocycles. The van der Waals surface area contributed by atoms with Gasteiger partial charge in [0.15, 0.2) is 5.96 Å². The number of amides is 1. The minimum absolute atomic E-state index is 0.132. The maximum atomic E-state index is 12.2. The molecule has 0 aliphatic rings. The summed E-state index contributed by atoms with van der Waals surface area (Å²) in [4.78, 5) is 22.9. The Morgan fingerprint density at radius 2 is 2.12 bits per heavy atom. The first-order chi connectivity index (χ1) is 12.5. The summed E-state index contributed by atoms with van der Waals surface area (Å²) in [5.74, 6) is 1.29. The highest BCUT2D eigenvalue weighted by atomic mass is 32.1. The molecule has 0 radical (unpaired) electrons. The number of nitrogens with one attached hydrogen (secondary N) is 2. The van der Waals surface area contributed by atoms with Gasteiger partial charge in [0.05, 0.1) is 24.4 Å². The van der Waals surface area contributed by atoms with E-state index in [2.05, 4.69) is 20.6 Å². The van der Waals surface area contributed by atoms with Crippen LogP contribution in [0.5, 0.6) is 5.75 Å². The van der Waals surface area contributed by atoms with Gasteiger partial charge in [-0.2, -0.15) is 0 Å². The molecule has 0 bridgehead atoms. The molecule has 0 atom stereocenters. The number of rotatable bonds is 7. The van der Waals surface area contributed by atoms with Crippen LogP contribution in [0.4, 0.5) is 0 Å². The standard InChI is InChI=1S/C18H25N5O2S/c1-13-22-15(12-26-13)11-23(3)18(19-2)21-9-8-20-17(24)14-6-5-7-16(10-14)25-4/h5-7,10,12H,8-9,11H2,1-4H3,(H,19,21)(H,20,24). The third kappa shape index (κ3) is 5.73. The van der Waals surface area contributed by atoms with Crippen LogP contribution in [-0.4, -0.2) is 56.0 Å². The van der Waals surface area contributed by atoms with E-state index < -0.39 is 0 Å². The number of aromatic nitrogens is 1. The van der Waals surface area contributed by atoms with Crippen LogP contribution in [0, 0.1) is 6.92 Å². The van der Waals surface area contributed by atoms with Crippen molar-refractivity contribution in [2.45, 2.75) is 13.5 Å². The highest BCUT2D eigenvalue weighted by molar-refractivity contribution is 7.09. The molecule has 0 aliphatic heterocycles. The third-order valence-corrected chi connectivity index (χ3v) is 4.49. The molecule has 0 fully saturated rings. The number of methoxy groups -OCH3 is 1. The predicted molar refractivity (Wildman–Crippen MR) is 105 cm³/mol. The summed E-state index contributed by atoms with van der Waals surface area (Å²) in [6, 6.07) is 7.07. The topological polar surface area (TPSA) is 78.8 Å². The fourth-order valence-electron chi connectivity index (χ4n) is 2.40. The molecule has 1 aromatic heterocycles. The first-order valence-electron chi connectivity index (χ1n) is 8.28. The maximum absolute atomic E-state index is 12.2. The molecule has 0 saturated heterocycles. The van der Waals surface area contributed by atoms with Crippen LogP contribution in [0.2, 0.25) is 0 Å². The highest BCUT2D eigenvalue weighted by Gasteiger charge is 2.09. The average molecular weight is 375 g/mol. The van der Waals surface area contributed by atoms with Crippen LogP contribution < -0.4 is 15.4 Å². The summed E-state index contributed by atoms with van der Waals surface area (Å²) >= 11 is 1.64. The molecule has 140 valence electrons. The van der Waals surface area contributed by atoms with Gasteiger partial charge in [0, 0.05) is 38.1 Å². The SMILES string of the molecule is CN=C(NCCNC(=O)c1cccc(OC)c1)N(C)Cc1csc(C)n1. The number of guanidine groups is 1. The smallest absolute Gasteiger partial charge is 0.251 e. The molecule has 1 amide bonds. The zero-order valence-electron chi connectivity index (χ0n) is 15.6. The summed E-state index contributed by atoms with van der Waals surface area (Å²) in [6.45, 7) is 3.73. The van der Waals surface area contributed by atoms with Gasteiger partial charge in [-0.1, -0.05) is 6.07 Å². The minimum atomic E-state index is -0.132. The van der Waals surface area contributed by atoms with Gasteiger partial charge in [-0.3, -0.25) is 9.79 Å². The monoisotopic (exact) mass is 375 g/mol. The van der Waals surface area contributed by atoms with Crippen molar-refractivity contribution < 1.29 is 9.53 Å². The number of aryl methyl sites for hydroxylation is 1. The molecule has 8 heteroatoms. The van der Waals surface area contributed by atoms with E-state index in [4.69, 9.17) is 4.74 Å². The van der Waals surface area contributed by atoms with Crippen LogP contribution in [-0.2, 0) is 6.54 Å². The van der Waals surface area contributed by atoms with Crippen molar-refractivity contribution in [1.29, 1.82) is 0 Å². The first kappa shape index (κ1) is 19.7. The second-order valence-corrected chi connectivity index (χ2v) is 6.74. The van der Waals surface area contributed by atoms with E-state index in [1.54, 1.807) is 43.7 Å². The number of hydrogen-bond donors (Lipinski definition) is 2. The number of thiazole rings is 1. The summed E-state index contributed by atoms with van der Waals surface area (Å²) in [6.07, 6.45) is 0. The summed E-state index contributed by atoms with van der Waals surface area (Å²) in [5.41, 5.74) is 1.59. The Hall–Kier alpha value is -2.61. The lowest BCUT2D eigenvalue weighted by atomic mass is 10.2. The van der Waals surface area contributed by atoms with E-state index in [-0.39, 0.29) is 5.91 Å². The zero-order valence-corrected chi connectivity index (χ0v) is 16.4. The van der Waals surface area contributed by atoms with Gasteiger partial charge in [-0.25, -0.2) is 4.98 Å². The number of carbonyl (C=O) groups is 1. The van der Waals surface area contributed by atoms with Gasteiger partial charge in [0.2, 0.25) is 0 Å². The number of ether oxygens (including phenoxy) is 1. The van der Waals surface area contributed by atoms with Crippen LogP contribution in [0.3, 0.4) is 0 Å². The molecule has 1 heterocycles. The van der Waals surface area contributed by atoms with E-state index in [9.17, 15) is 4.79 Å². The van der Waals surface area contributed by atoms with Crippen LogP contribution in [0.15, 0.2) is 34.6 Å². The van der Waals surface area contributed by atoms with E-state index in [0.717, 1.165) is 16.7 Å². The Balaban J connectivity index is 1.77. The van der Waals surface area contributed by atoms with Gasteiger partial charge in [0.25, 0.3) is 5.91 Å². The van der Waals surface area contributed by atoms with Gasteiger partial charge in [-0.05, 0) is 25.1 Å². The minimum Gasteiger partial charge on any atom is -0.497 e. The van der Waals surface area contributed by atoms with Crippen molar-refractivity contribution in [3.63, 3.8) is 0 Å². The Morgan fingerprint density at radius 1 is 1.35 bits per heavy atom.